The van der Waals surface area contributed by atoms with Crippen LogP contribution in [0.3, 0.4) is 0 Å². The average molecular weight is 279 g/mol. The van der Waals surface area contributed by atoms with Crippen molar-refractivity contribution in [2.75, 3.05) is 26.4 Å². The van der Waals surface area contributed by atoms with E-state index in [9.17, 15) is 5.11 Å². The summed E-state index contributed by atoms with van der Waals surface area (Å²) in [7, 11) is 0. The maximum absolute atomic E-state index is 9.95. The Balaban J connectivity index is 1.67. The summed E-state index contributed by atoms with van der Waals surface area (Å²) in [5.74, 6) is 0.828. The summed E-state index contributed by atoms with van der Waals surface area (Å²) in [5.41, 5.74) is 1.25. The van der Waals surface area contributed by atoms with Crippen molar-refractivity contribution in [1.29, 1.82) is 0 Å². The van der Waals surface area contributed by atoms with Crippen LogP contribution in [-0.4, -0.2) is 43.6 Å². The monoisotopic (exact) mass is 279 g/mol. The molecule has 0 amide bonds. The number of aliphatic hydroxyl groups excluding tert-OH is 1. The highest BCUT2D eigenvalue weighted by Gasteiger charge is 2.14. The fourth-order valence-corrected chi connectivity index (χ4v) is 2.31. The molecular formula is C16H25NO3. The summed E-state index contributed by atoms with van der Waals surface area (Å²) >= 11 is 0. The Hall–Kier alpha value is -1.10. The zero-order valence-electron chi connectivity index (χ0n) is 12.2. The van der Waals surface area contributed by atoms with Crippen LogP contribution in [0.15, 0.2) is 24.3 Å². The highest BCUT2D eigenvalue weighted by molar-refractivity contribution is 5.28. The van der Waals surface area contributed by atoms with E-state index in [1.165, 1.54) is 5.56 Å². The van der Waals surface area contributed by atoms with E-state index in [1.807, 2.05) is 18.2 Å². The molecule has 0 bridgehead atoms. The second-order valence-corrected chi connectivity index (χ2v) is 5.26. The van der Waals surface area contributed by atoms with Crippen LogP contribution in [0.4, 0.5) is 0 Å². The summed E-state index contributed by atoms with van der Waals surface area (Å²) < 4.78 is 10.9. The molecule has 1 aliphatic rings. The van der Waals surface area contributed by atoms with Gasteiger partial charge in [0.25, 0.3) is 0 Å². The minimum absolute atomic E-state index is 0.323. The minimum atomic E-state index is -0.483. The van der Waals surface area contributed by atoms with Crippen molar-refractivity contribution in [3.63, 3.8) is 0 Å². The van der Waals surface area contributed by atoms with E-state index < -0.39 is 6.10 Å². The Morgan fingerprint density at radius 1 is 1.40 bits per heavy atom. The van der Waals surface area contributed by atoms with Crippen LogP contribution in [0.1, 0.15) is 25.3 Å². The van der Waals surface area contributed by atoms with Crippen molar-refractivity contribution < 1.29 is 14.6 Å². The summed E-state index contributed by atoms with van der Waals surface area (Å²) in [6, 6.07) is 8.48. The number of nitrogens with one attached hydrogen (secondary N) is 1. The van der Waals surface area contributed by atoms with Gasteiger partial charge in [0.05, 0.1) is 0 Å². The zero-order chi connectivity index (χ0) is 14.2. The van der Waals surface area contributed by atoms with Crippen LogP contribution in [-0.2, 0) is 11.2 Å². The maximum Gasteiger partial charge on any atom is 0.119 e. The van der Waals surface area contributed by atoms with Gasteiger partial charge in [-0.15, -0.1) is 0 Å². The molecule has 1 unspecified atom stereocenters. The number of rotatable bonds is 7. The fourth-order valence-electron chi connectivity index (χ4n) is 2.31. The highest BCUT2D eigenvalue weighted by Crippen LogP contribution is 2.14. The van der Waals surface area contributed by atoms with E-state index in [1.54, 1.807) is 0 Å². The Bertz CT molecular complexity index is 391. The normalized spacial score (nSPS) is 17.9. The van der Waals surface area contributed by atoms with Crippen molar-refractivity contribution in [3.8, 4) is 5.75 Å². The van der Waals surface area contributed by atoms with Crippen LogP contribution in [0.25, 0.3) is 0 Å². The lowest BCUT2D eigenvalue weighted by Crippen LogP contribution is -2.40. The molecule has 112 valence electrons. The second kappa shape index (κ2) is 8.25. The van der Waals surface area contributed by atoms with Gasteiger partial charge < -0.3 is 19.9 Å². The minimum Gasteiger partial charge on any atom is -0.491 e. The van der Waals surface area contributed by atoms with Crippen LogP contribution in [0.2, 0.25) is 0 Å². The third-order valence-electron chi connectivity index (χ3n) is 3.61. The van der Waals surface area contributed by atoms with Gasteiger partial charge in [0, 0.05) is 25.8 Å². The van der Waals surface area contributed by atoms with Crippen LogP contribution in [0, 0.1) is 0 Å². The van der Waals surface area contributed by atoms with Gasteiger partial charge in [0.1, 0.15) is 18.5 Å². The first kappa shape index (κ1) is 15.3. The molecule has 4 nitrogen and oxygen atoms in total. The van der Waals surface area contributed by atoms with E-state index in [-0.39, 0.29) is 0 Å². The van der Waals surface area contributed by atoms with Crippen molar-refractivity contribution in [3.05, 3.63) is 29.8 Å². The van der Waals surface area contributed by atoms with Gasteiger partial charge >= 0.3 is 0 Å². The van der Waals surface area contributed by atoms with Gasteiger partial charge in [-0.2, -0.15) is 0 Å². The molecule has 1 aromatic rings. The number of ether oxygens (including phenoxy) is 2. The number of hydrogen-bond acceptors (Lipinski definition) is 4. The summed E-state index contributed by atoms with van der Waals surface area (Å²) in [5, 5.41) is 13.3. The zero-order valence-corrected chi connectivity index (χ0v) is 12.2. The molecule has 1 aromatic carbocycles. The molecule has 1 atom stereocenters. The maximum atomic E-state index is 9.95. The number of benzene rings is 1. The van der Waals surface area contributed by atoms with Gasteiger partial charge in [0.15, 0.2) is 0 Å². The Labute approximate surface area is 121 Å². The number of aryl methyl sites for hydroxylation is 1. The quantitative estimate of drug-likeness (QED) is 0.798. The van der Waals surface area contributed by atoms with Crippen molar-refractivity contribution in [2.24, 2.45) is 0 Å². The molecular weight excluding hydrogens is 254 g/mol. The number of hydrogen-bond donors (Lipinski definition) is 2. The van der Waals surface area contributed by atoms with E-state index >= 15 is 0 Å². The Morgan fingerprint density at radius 3 is 2.95 bits per heavy atom. The second-order valence-electron chi connectivity index (χ2n) is 5.26. The van der Waals surface area contributed by atoms with Gasteiger partial charge in [-0.25, -0.2) is 0 Å². The average Bonchev–Trinajstić information content (AvgIpc) is 2.52. The topological polar surface area (TPSA) is 50.7 Å². The molecule has 20 heavy (non-hydrogen) atoms. The molecule has 0 spiro atoms. The fraction of sp³-hybridized carbons (Fsp3) is 0.625. The first-order valence-electron chi connectivity index (χ1n) is 7.49. The van der Waals surface area contributed by atoms with Gasteiger partial charge in [-0.1, -0.05) is 19.1 Å². The van der Waals surface area contributed by atoms with Crippen molar-refractivity contribution in [1.82, 2.24) is 5.32 Å². The van der Waals surface area contributed by atoms with E-state index in [0.717, 1.165) is 38.2 Å². The third-order valence-corrected chi connectivity index (χ3v) is 3.61. The van der Waals surface area contributed by atoms with Crippen LogP contribution in [0.5, 0.6) is 5.75 Å². The summed E-state index contributed by atoms with van der Waals surface area (Å²) in [6.07, 6.45) is 2.55. The predicted octanol–water partition coefficient (Wildman–Crippen LogP) is 1.76. The molecule has 1 saturated heterocycles. The molecule has 0 aliphatic carbocycles. The highest BCUT2D eigenvalue weighted by atomic mass is 16.5. The standard InChI is InChI=1S/C16H25NO3/c1-2-13-4-3-5-16(10-13)20-12-15(18)11-17-14-6-8-19-9-7-14/h3-5,10,14-15,17-18H,2,6-9,11-12H2,1H3. The van der Waals surface area contributed by atoms with Gasteiger partial charge in [-0.05, 0) is 37.0 Å². The summed E-state index contributed by atoms with van der Waals surface area (Å²) in [6.45, 7) is 4.63. The number of aliphatic hydroxyl groups is 1. The lowest BCUT2D eigenvalue weighted by molar-refractivity contribution is 0.0655. The lowest BCUT2D eigenvalue weighted by atomic mass is 10.1. The third kappa shape index (κ3) is 5.12. The van der Waals surface area contributed by atoms with E-state index in [4.69, 9.17) is 9.47 Å². The van der Waals surface area contributed by atoms with Crippen LogP contribution >= 0.6 is 0 Å². The molecule has 1 heterocycles. The van der Waals surface area contributed by atoms with Crippen molar-refractivity contribution in [2.45, 2.75) is 38.3 Å². The summed E-state index contributed by atoms with van der Waals surface area (Å²) in [4.78, 5) is 0. The van der Waals surface area contributed by atoms with Crippen LogP contribution < -0.4 is 10.1 Å². The lowest BCUT2D eigenvalue weighted by Gasteiger charge is -2.24. The van der Waals surface area contributed by atoms with Crippen molar-refractivity contribution >= 4 is 0 Å². The van der Waals surface area contributed by atoms with E-state index in [2.05, 4.69) is 18.3 Å². The Kier molecular flexibility index (Phi) is 6.30. The molecule has 1 aliphatic heterocycles. The van der Waals surface area contributed by atoms with Gasteiger partial charge in [0.2, 0.25) is 0 Å². The molecule has 4 heteroatoms. The van der Waals surface area contributed by atoms with E-state index in [0.29, 0.717) is 19.2 Å². The smallest absolute Gasteiger partial charge is 0.119 e. The first-order chi connectivity index (χ1) is 9.78. The Morgan fingerprint density at radius 2 is 2.20 bits per heavy atom. The molecule has 2 N–H and O–H groups in total. The molecule has 0 radical (unpaired) electrons. The largest absolute Gasteiger partial charge is 0.491 e. The molecule has 0 aromatic heterocycles. The predicted molar refractivity (Wildman–Crippen MR) is 79.2 cm³/mol. The SMILES string of the molecule is CCc1cccc(OCC(O)CNC2CCOCC2)c1. The molecule has 0 saturated carbocycles. The molecule has 2 rings (SSSR count). The molecule has 1 fully saturated rings. The first-order valence-corrected chi connectivity index (χ1v) is 7.49. The van der Waals surface area contributed by atoms with Gasteiger partial charge in [-0.3, -0.25) is 0 Å².